The van der Waals surface area contributed by atoms with Gasteiger partial charge >= 0.3 is 5.97 Å². The van der Waals surface area contributed by atoms with Crippen LogP contribution in [0.15, 0.2) is 29.2 Å². The Balaban J connectivity index is 2.89. The minimum atomic E-state index is -1.27. The molecule has 100 valence electrons. The molecule has 0 aliphatic carbocycles. The van der Waals surface area contributed by atoms with Crippen LogP contribution in [-0.2, 0) is 20.3 Å². The largest absolute Gasteiger partial charge is 0.497 e. The van der Waals surface area contributed by atoms with Crippen LogP contribution in [0.4, 0.5) is 0 Å². The molecule has 1 rings (SSSR count). The molecule has 0 aromatic heterocycles. The molecule has 0 radical (unpaired) electrons. The summed E-state index contributed by atoms with van der Waals surface area (Å²) in [4.78, 5) is 12.1. The fraction of sp³-hybridized carbons (Fsp3) is 0.462. The van der Waals surface area contributed by atoms with Crippen molar-refractivity contribution in [2.24, 2.45) is 5.92 Å². The third-order valence-electron chi connectivity index (χ3n) is 2.89. The standard InChI is InChI=1S/C13H18O4S/c1-9(13(14)17-4)10(2)18(15)12-7-5-6-11(8-12)16-3/h5-10H,1-4H3. The number of esters is 1. The summed E-state index contributed by atoms with van der Waals surface area (Å²) in [6.07, 6.45) is 0. The van der Waals surface area contributed by atoms with Crippen LogP contribution in [0, 0.1) is 5.92 Å². The zero-order valence-corrected chi connectivity index (χ0v) is 11.8. The van der Waals surface area contributed by atoms with Crippen LogP contribution >= 0.6 is 0 Å². The number of benzene rings is 1. The molecule has 0 fully saturated rings. The molecule has 0 N–H and O–H groups in total. The highest BCUT2D eigenvalue weighted by atomic mass is 32.2. The van der Waals surface area contributed by atoms with Gasteiger partial charge in [0.25, 0.3) is 0 Å². The lowest BCUT2D eigenvalue weighted by molar-refractivity contribution is -0.144. The summed E-state index contributed by atoms with van der Waals surface area (Å²) in [6.45, 7) is 3.49. The molecule has 18 heavy (non-hydrogen) atoms. The summed E-state index contributed by atoms with van der Waals surface area (Å²) >= 11 is 0. The van der Waals surface area contributed by atoms with E-state index in [-0.39, 0.29) is 11.2 Å². The van der Waals surface area contributed by atoms with E-state index in [2.05, 4.69) is 4.74 Å². The predicted molar refractivity (Wildman–Crippen MR) is 70.0 cm³/mol. The second-order valence-corrected chi connectivity index (χ2v) is 5.80. The molecule has 3 atom stereocenters. The van der Waals surface area contributed by atoms with Crippen molar-refractivity contribution < 1.29 is 18.5 Å². The molecule has 1 aromatic carbocycles. The molecule has 1 aromatic rings. The number of hydrogen-bond acceptors (Lipinski definition) is 4. The summed E-state index contributed by atoms with van der Waals surface area (Å²) < 4.78 is 22.1. The number of methoxy groups -OCH3 is 2. The van der Waals surface area contributed by atoms with Crippen molar-refractivity contribution in [1.29, 1.82) is 0 Å². The Hall–Kier alpha value is -1.36. The monoisotopic (exact) mass is 270 g/mol. The van der Waals surface area contributed by atoms with Gasteiger partial charge < -0.3 is 9.47 Å². The molecule has 0 amide bonds. The van der Waals surface area contributed by atoms with Gasteiger partial charge in [-0.05, 0) is 25.1 Å². The highest BCUT2D eigenvalue weighted by Gasteiger charge is 2.26. The van der Waals surface area contributed by atoms with Gasteiger partial charge in [-0.25, -0.2) is 0 Å². The average Bonchev–Trinajstić information content (AvgIpc) is 2.43. The van der Waals surface area contributed by atoms with Gasteiger partial charge in [-0.15, -0.1) is 0 Å². The lowest BCUT2D eigenvalue weighted by Crippen LogP contribution is -2.28. The number of ether oxygens (including phenoxy) is 2. The van der Waals surface area contributed by atoms with E-state index in [0.29, 0.717) is 10.6 Å². The topological polar surface area (TPSA) is 52.6 Å². The van der Waals surface area contributed by atoms with E-state index >= 15 is 0 Å². The lowest BCUT2D eigenvalue weighted by atomic mass is 10.1. The molecule has 0 aliphatic heterocycles. The number of rotatable bonds is 5. The van der Waals surface area contributed by atoms with E-state index in [1.54, 1.807) is 45.2 Å². The maximum absolute atomic E-state index is 12.3. The van der Waals surface area contributed by atoms with E-state index in [1.165, 1.54) is 7.11 Å². The Bertz CT molecular complexity index is 444. The zero-order chi connectivity index (χ0) is 13.7. The van der Waals surface area contributed by atoms with Gasteiger partial charge in [-0.3, -0.25) is 9.00 Å². The van der Waals surface area contributed by atoms with E-state index in [4.69, 9.17) is 4.74 Å². The van der Waals surface area contributed by atoms with Gasteiger partial charge in [0.15, 0.2) is 0 Å². The summed E-state index contributed by atoms with van der Waals surface area (Å²) in [5, 5.41) is -0.315. The van der Waals surface area contributed by atoms with Crippen LogP contribution in [0.2, 0.25) is 0 Å². The van der Waals surface area contributed by atoms with Crippen molar-refractivity contribution in [2.75, 3.05) is 14.2 Å². The van der Waals surface area contributed by atoms with Crippen LogP contribution in [-0.4, -0.2) is 29.6 Å². The Labute approximate surface area is 110 Å². The first-order valence-corrected chi connectivity index (χ1v) is 6.85. The molecule has 3 unspecified atom stereocenters. The third-order valence-corrected chi connectivity index (χ3v) is 4.69. The fourth-order valence-corrected chi connectivity index (χ4v) is 2.86. The highest BCUT2D eigenvalue weighted by molar-refractivity contribution is 7.85. The van der Waals surface area contributed by atoms with Gasteiger partial charge in [-0.1, -0.05) is 13.0 Å². The first-order valence-electron chi connectivity index (χ1n) is 5.63. The SMILES string of the molecule is COC(=O)C(C)C(C)S(=O)c1cccc(OC)c1. The molecule has 0 heterocycles. The molecular formula is C13H18O4S. The molecule has 0 aliphatic rings. The Kier molecular flexibility index (Phi) is 5.34. The summed E-state index contributed by atoms with van der Waals surface area (Å²) in [5.74, 6) is -0.112. The molecule has 0 saturated heterocycles. The van der Waals surface area contributed by atoms with Crippen molar-refractivity contribution in [3.05, 3.63) is 24.3 Å². The highest BCUT2D eigenvalue weighted by Crippen LogP contribution is 2.21. The Morgan fingerprint density at radius 2 is 1.94 bits per heavy atom. The van der Waals surface area contributed by atoms with Crippen molar-refractivity contribution in [1.82, 2.24) is 0 Å². The van der Waals surface area contributed by atoms with E-state index in [0.717, 1.165) is 0 Å². The summed E-state index contributed by atoms with van der Waals surface area (Å²) in [7, 11) is 1.62. The summed E-state index contributed by atoms with van der Waals surface area (Å²) in [6, 6.07) is 7.05. The molecular weight excluding hydrogens is 252 g/mol. The van der Waals surface area contributed by atoms with Crippen LogP contribution in [0.1, 0.15) is 13.8 Å². The van der Waals surface area contributed by atoms with Crippen molar-refractivity contribution in [2.45, 2.75) is 24.0 Å². The number of hydrogen-bond donors (Lipinski definition) is 0. The Morgan fingerprint density at radius 1 is 1.28 bits per heavy atom. The van der Waals surface area contributed by atoms with Crippen LogP contribution < -0.4 is 4.74 Å². The molecule has 4 nitrogen and oxygen atoms in total. The first kappa shape index (κ1) is 14.7. The van der Waals surface area contributed by atoms with E-state index in [1.807, 2.05) is 0 Å². The van der Waals surface area contributed by atoms with Gasteiger partial charge in [0.2, 0.25) is 0 Å². The first-order chi connectivity index (χ1) is 8.51. The quantitative estimate of drug-likeness (QED) is 0.768. The second-order valence-electron chi connectivity index (χ2n) is 3.99. The minimum Gasteiger partial charge on any atom is -0.497 e. The minimum absolute atomic E-state index is 0.315. The van der Waals surface area contributed by atoms with Crippen molar-refractivity contribution in [3.63, 3.8) is 0 Å². The lowest BCUT2D eigenvalue weighted by Gasteiger charge is -2.17. The average molecular weight is 270 g/mol. The van der Waals surface area contributed by atoms with Gasteiger partial charge in [0, 0.05) is 10.1 Å². The maximum atomic E-state index is 12.3. The van der Waals surface area contributed by atoms with Crippen LogP contribution in [0.3, 0.4) is 0 Å². The van der Waals surface area contributed by atoms with Crippen molar-refractivity contribution in [3.8, 4) is 5.75 Å². The van der Waals surface area contributed by atoms with Gasteiger partial charge in [0.05, 0.1) is 30.9 Å². The molecule has 0 bridgehead atoms. The predicted octanol–water partition coefficient (Wildman–Crippen LogP) is 2.00. The number of carbonyl (C=O) groups is 1. The van der Waals surface area contributed by atoms with Crippen LogP contribution in [0.25, 0.3) is 0 Å². The number of carbonyl (C=O) groups excluding carboxylic acids is 1. The smallest absolute Gasteiger partial charge is 0.309 e. The van der Waals surface area contributed by atoms with Crippen molar-refractivity contribution >= 4 is 16.8 Å². The van der Waals surface area contributed by atoms with Gasteiger partial charge in [-0.2, -0.15) is 0 Å². The van der Waals surface area contributed by atoms with Crippen LogP contribution in [0.5, 0.6) is 5.75 Å². The van der Waals surface area contributed by atoms with E-state index < -0.39 is 16.7 Å². The fourth-order valence-electron chi connectivity index (χ4n) is 1.50. The normalized spacial score (nSPS) is 15.6. The van der Waals surface area contributed by atoms with E-state index in [9.17, 15) is 9.00 Å². The third kappa shape index (κ3) is 3.32. The second kappa shape index (κ2) is 6.54. The molecule has 5 heteroatoms. The molecule has 0 saturated carbocycles. The Morgan fingerprint density at radius 3 is 2.50 bits per heavy atom. The zero-order valence-electron chi connectivity index (χ0n) is 11.0. The summed E-state index contributed by atoms with van der Waals surface area (Å²) in [5.41, 5.74) is 0. The molecule has 0 spiro atoms. The van der Waals surface area contributed by atoms with Gasteiger partial charge in [0.1, 0.15) is 5.75 Å². The maximum Gasteiger partial charge on any atom is 0.309 e.